The monoisotopic (exact) mass is 225 g/mol. The van der Waals surface area contributed by atoms with E-state index in [-0.39, 0.29) is 0 Å². The van der Waals surface area contributed by atoms with Crippen molar-refractivity contribution in [1.29, 1.82) is 0 Å². The van der Waals surface area contributed by atoms with Gasteiger partial charge in [0.2, 0.25) is 0 Å². The number of furan rings is 1. The van der Waals surface area contributed by atoms with E-state index in [0.29, 0.717) is 0 Å². The number of hydrogen-bond donors (Lipinski definition) is 1. The predicted molar refractivity (Wildman–Crippen MR) is 65.1 cm³/mol. The summed E-state index contributed by atoms with van der Waals surface area (Å²) in [5.41, 5.74) is 0. The maximum Gasteiger partial charge on any atom is 0.113 e. The van der Waals surface area contributed by atoms with Crippen molar-refractivity contribution in [2.45, 2.75) is 37.5 Å². The zero-order valence-electron chi connectivity index (χ0n) is 9.08. The van der Waals surface area contributed by atoms with Crippen LogP contribution in [-0.2, 0) is 5.75 Å². The Morgan fingerprint density at radius 1 is 1.47 bits per heavy atom. The summed E-state index contributed by atoms with van der Waals surface area (Å²) < 4.78 is 5.29. The molecular formula is C12H19NOS. The molecule has 1 aliphatic heterocycles. The largest absolute Gasteiger partial charge is 0.468 e. The van der Waals surface area contributed by atoms with E-state index < -0.39 is 0 Å². The van der Waals surface area contributed by atoms with E-state index in [9.17, 15) is 0 Å². The van der Waals surface area contributed by atoms with E-state index in [1.54, 1.807) is 6.26 Å². The zero-order chi connectivity index (χ0) is 10.3. The second-order valence-corrected chi connectivity index (χ2v) is 5.17. The van der Waals surface area contributed by atoms with Gasteiger partial charge in [-0.2, -0.15) is 11.8 Å². The highest BCUT2D eigenvalue weighted by atomic mass is 32.2. The highest BCUT2D eigenvalue weighted by Crippen LogP contribution is 2.17. The lowest BCUT2D eigenvalue weighted by Crippen LogP contribution is -2.34. The average Bonchev–Trinajstić information content (AvgIpc) is 2.79. The van der Waals surface area contributed by atoms with E-state index in [1.807, 2.05) is 23.9 Å². The molecule has 1 N–H and O–H groups in total. The second kappa shape index (κ2) is 6.23. The van der Waals surface area contributed by atoms with Gasteiger partial charge in [-0.15, -0.1) is 0 Å². The molecule has 0 radical (unpaired) electrons. The third-order valence-corrected chi connectivity index (χ3v) is 3.86. The Kier molecular flexibility index (Phi) is 4.61. The molecule has 0 saturated carbocycles. The molecular weight excluding hydrogens is 206 g/mol. The summed E-state index contributed by atoms with van der Waals surface area (Å²) in [5, 5.41) is 3.58. The molecule has 2 nitrogen and oxygen atoms in total. The van der Waals surface area contributed by atoms with Crippen LogP contribution in [0, 0.1) is 0 Å². The standard InChI is InChI=1S/C12H19NOS/c1-2-7-13-11(4-1)6-9-15-10-12-5-3-8-14-12/h3,5,8,11,13H,1-2,4,6-7,9-10H2/t11-/m0/s1. The third kappa shape index (κ3) is 3.92. The van der Waals surface area contributed by atoms with Crippen LogP contribution in [0.1, 0.15) is 31.4 Å². The van der Waals surface area contributed by atoms with Crippen LogP contribution in [0.15, 0.2) is 22.8 Å². The van der Waals surface area contributed by atoms with Gasteiger partial charge in [0, 0.05) is 6.04 Å². The van der Waals surface area contributed by atoms with E-state index >= 15 is 0 Å². The molecule has 1 saturated heterocycles. The van der Waals surface area contributed by atoms with Gasteiger partial charge in [0.05, 0.1) is 12.0 Å². The Labute approximate surface area is 95.8 Å². The molecule has 2 heterocycles. The molecule has 1 aliphatic rings. The van der Waals surface area contributed by atoms with E-state index in [0.717, 1.165) is 17.6 Å². The van der Waals surface area contributed by atoms with Crippen molar-refractivity contribution in [3.8, 4) is 0 Å². The van der Waals surface area contributed by atoms with Gasteiger partial charge in [0.25, 0.3) is 0 Å². The lowest BCUT2D eigenvalue weighted by molar-refractivity contribution is 0.394. The molecule has 1 aromatic rings. The SMILES string of the molecule is c1coc(CSCC[C@@H]2CCCCN2)c1. The van der Waals surface area contributed by atoms with Crippen LogP contribution in [0.25, 0.3) is 0 Å². The maximum absolute atomic E-state index is 5.29. The Bertz CT molecular complexity index is 255. The summed E-state index contributed by atoms with van der Waals surface area (Å²) in [4.78, 5) is 0. The minimum atomic E-state index is 0.767. The summed E-state index contributed by atoms with van der Waals surface area (Å²) in [6.07, 6.45) is 7.17. The van der Waals surface area contributed by atoms with E-state index in [1.165, 1.54) is 38.0 Å². The summed E-state index contributed by atoms with van der Waals surface area (Å²) in [5.74, 6) is 3.34. The van der Waals surface area contributed by atoms with Crippen molar-refractivity contribution < 1.29 is 4.42 Å². The van der Waals surface area contributed by atoms with E-state index in [2.05, 4.69) is 5.32 Å². The van der Waals surface area contributed by atoms with Crippen LogP contribution in [0.5, 0.6) is 0 Å². The summed E-state index contributed by atoms with van der Waals surface area (Å²) in [7, 11) is 0. The highest BCUT2D eigenvalue weighted by Gasteiger charge is 2.11. The quantitative estimate of drug-likeness (QED) is 0.780. The first-order valence-corrected chi connectivity index (χ1v) is 6.94. The zero-order valence-corrected chi connectivity index (χ0v) is 9.89. The molecule has 0 aliphatic carbocycles. The highest BCUT2D eigenvalue weighted by molar-refractivity contribution is 7.98. The Morgan fingerprint density at radius 2 is 2.47 bits per heavy atom. The summed E-state index contributed by atoms with van der Waals surface area (Å²) in [6.45, 7) is 1.22. The van der Waals surface area contributed by atoms with Gasteiger partial charge in [-0.1, -0.05) is 6.42 Å². The van der Waals surface area contributed by atoms with Crippen LogP contribution in [-0.4, -0.2) is 18.3 Å². The minimum absolute atomic E-state index is 0.767. The molecule has 84 valence electrons. The van der Waals surface area contributed by atoms with Crippen molar-refractivity contribution in [3.63, 3.8) is 0 Å². The predicted octanol–water partition coefficient (Wildman–Crippen LogP) is 3.05. The number of hydrogen-bond acceptors (Lipinski definition) is 3. The van der Waals surface area contributed by atoms with Crippen molar-refractivity contribution in [3.05, 3.63) is 24.2 Å². The second-order valence-electron chi connectivity index (χ2n) is 4.07. The van der Waals surface area contributed by atoms with Gasteiger partial charge in [-0.3, -0.25) is 0 Å². The van der Waals surface area contributed by atoms with Gasteiger partial charge in [-0.25, -0.2) is 0 Å². The minimum Gasteiger partial charge on any atom is -0.468 e. The Hall–Kier alpha value is -0.410. The fourth-order valence-electron chi connectivity index (χ4n) is 1.96. The lowest BCUT2D eigenvalue weighted by Gasteiger charge is -2.22. The Morgan fingerprint density at radius 3 is 3.20 bits per heavy atom. The van der Waals surface area contributed by atoms with E-state index in [4.69, 9.17) is 4.42 Å². The Balaban J connectivity index is 1.54. The summed E-state index contributed by atoms with van der Waals surface area (Å²) >= 11 is 1.97. The first-order chi connectivity index (χ1) is 7.45. The van der Waals surface area contributed by atoms with Gasteiger partial charge < -0.3 is 9.73 Å². The van der Waals surface area contributed by atoms with Crippen molar-refractivity contribution in [2.75, 3.05) is 12.3 Å². The van der Waals surface area contributed by atoms with Gasteiger partial charge in [0.1, 0.15) is 5.76 Å². The van der Waals surface area contributed by atoms with Crippen LogP contribution < -0.4 is 5.32 Å². The topological polar surface area (TPSA) is 25.2 Å². The van der Waals surface area contributed by atoms with Gasteiger partial charge in [-0.05, 0) is 43.7 Å². The molecule has 1 atom stereocenters. The lowest BCUT2D eigenvalue weighted by atomic mass is 10.0. The van der Waals surface area contributed by atoms with Crippen molar-refractivity contribution in [2.24, 2.45) is 0 Å². The average molecular weight is 225 g/mol. The molecule has 2 rings (SSSR count). The molecule has 0 amide bonds. The third-order valence-electron chi connectivity index (χ3n) is 2.85. The summed E-state index contributed by atoms with van der Waals surface area (Å²) in [6, 6.07) is 4.77. The molecule has 1 aromatic heterocycles. The molecule has 3 heteroatoms. The van der Waals surface area contributed by atoms with Crippen LogP contribution in [0.2, 0.25) is 0 Å². The number of piperidine rings is 1. The first-order valence-electron chi connectivity index (χ1n) is 5.78. The molecule has 1 fully saturated rings. The van der Waals surface area contributed by atoms with Crippen LogP contribution in [0.3, 0.4) is 0 Å². The fraction of sp³-hybridized carbons (Fsp3) is 0.667. The number of nitrogens with one attached hydrogen (secondary N) is 1. The molecule has 0 aromatic carbocycles. The number of rotatable bonds is 5. The van der Waals surface area contributed by atoms with Crippen LogP contribution in [0.4, 0.5) is 0 Å². The van der Waals surface area contributed by atoms with Gasteiger partial charge >= 0.3 is 0 Å². The smallest absolute Gasteiger partial charge is 0.113 e. The molecule has 15 heavy (non-hydrogen) atoms. The first kappa shape index (κ1) is 11.1. The maximum atomic E-state index is 5.29. The molecule has 0 spiro atoms. The van der Waals surface area contributed by atoms with Crippen molar-refractivity contribution in [1.82, 2.24) is 5.32 Å². The van der Waals surface area contributed by atoms with Crippen molar-refractivity contribution >= 4 is 11.8 Å². The normalized spacial score (nSPS) is 21.7. The van der Waals surface area contributed by atoms with Crippen LogP contribution >= 0.6 is 11.8 Å². The number of thioether (sulfide) groups is 1. The molecule has 0 unspecified atom stereocenters. The molecule has 0 bridgehead atoms. The van der Waals surface area contributed by atoms with Gasteiger partial charge in [0.15, 0.2) is 0 Å². The fourth-order valence-corrected chi connectivity index (χ4v) is 2.92.